The summed E-state index contributed by atoms with van der Waals surface area (Å²) >= 11 is 3.62. The number of likely N-dealkylation sites (N-methyl/N-ethyl adjacent to an activating group) is 1. The molecule has 0 aromatic carbocycles. The molecule has 21 heavy (non-hydrogen) atoms. The largest absolute Gasteiger partial charge is 0.308 e. The van der Waals surface area contributed by atoms with Crippen molar-refractivity contribution in [2.75, 3.05) is 27.7 Å². The highest BCUT2D eigenvalue weighted by Gasteiger charge is 2.21. The van der Waals surface area contributed by atoms with Gasteiger partial charge in [0, 0.05) is 12.7 Å². The van der Waals surface area contributed by atoms with E-state index in [4.69, 9.17) is 0 Å². The van der Waals surface area contributed by atoms with E-state index in [0.717, 1.165) is 29.0 Å². The van der Waals surface area contributed by atoms with Crippen LogP contribution in [0.25, 0.3) is 0 Å². The van der Waals surface area contributed by atoms with Crippen molar-refractivity contribution in [3.63, 3.8) is 0 Å². The first-order valence-corrected chi connectivity index (χ1v) is 7.78. The normalized spacial score (nSPS) is 12.9. The first-order chi connectivity index (χ1) is 10.0. The SMILES string of the molecule is CNC(c1cc(C)ccn1)c1c(Br)cnn1CCN(C)C. The minimum absolute atomic E-state index is 0.0175. The molecule has 2 heterocycles. The number of hydrogen-bond donors (Lipinski definition) is 1. The highest BCUT2D eigenvalue weighted by atomic mass is 79.9. The third-order valence-electron chi connectivity index (χ3n) is 3.39. The minimum Gasteiger partial charge on any atom is -0.308 e. The standard InChI is InChI=1S/C15H22BrN5/c1-11-5-6-18-13(9-11)14(17-2)15-12(16)10-19-21(15)8-7-20(3)4/h5-6,9-10,14,17H,7-8H2,1-4H3. The number of nitrogens with zero attached hydrogens (tertiary/aromatic N) is 4. The molecule has 2 aromatic heterocycles. The van der Waals surface area contributed by atoms with Crippen LogP contribution >= 0.6 is 15.9 Å². The van der Waals surface area contributed by atoms with Gasteiger partial charge in [0.2, 0.25) is 0 Å². The number of aryl methyl sites for hydroxylation is 1. The number of pyridine rings is 1. The molecular weight excluding hydrogens is 330 g/mol. The molecule has 0 saturated heterocycles. The van der Waals surface area contributed by atoms with Crippen LogP contribution in [0.3, 0.4) is 0 Å². The van der Waals surface area contributed by atoms with Crippen LogP contribution in [0.5, 0.6) is 0 Å². The molecule has 0 aliphatic carbocycles. The van der Waals surface area contributed by atoms with Crippen LogP contribution in [0.4, 0.5) is 0 Å². The Morgan fingerprint density at radius 1 is 1.43 bits per heavy atom. The molecular formula is C15H22BrN5. The van der Waals surface area contributed by atoms with Gasteiger partial charge in [-0.05, 0) is 61.7 Å². The number of halogens is 1. The van der Waals surface area contributed by atoms with Gasteiger partial charge in [-0.2, -0.15) is 5.10 Å². The Balaban J connectivity index is 2.35. The number of nitrogens with one attached hydrogen (secondary N) is 1. The smallest absolute Gasteiger partial charge is 0.0931 e. The minimum atomic E-state index is 0.0175. The Morgan fingerprint density at radius 2 is 2.19 bits per heavy atom. The maximum atomic E-state index is 4.51. The fourth-order valence-electron chi connectivity index (χ4n) is 2.27. The van der Waals surface area contributed by atoms with Gasteiger partial charge in [0.25, 0.3) is 0 Å². The lowest BCUT2D eigenvalue weighted by molar-refractivity contribution is 0.366. The molecule has 1 atom stereocenters. The second-order valence-electron chi connectivity index (χ2n) is 5.38. The van der Waals surface area contributed by atoms with Crippen molar-refractivity contribution in [1.82, 2.24) is 25.0 Å². The summed E-state index contributed by atoms with van der Waals surface area (Å²) < 4.78 is 3.04. The summed E-state index contributed by atoms with van der Waals surface area (Å²) in [4.78, 5) is 6.66. The molecule has 5 nitrogen and oxygen atoms in total. The molecule has 0 aliphatic rings. The summed E-state index contributed by atoms with van der Waals surface area (Å²) in [6.45, 7) is 3.87. The van der Waals surface area contributed by atoms with Gasteiger partial charge >= 0.3 is 0 Å². The first-order valence-electron chi connectivity index (χ1n) is 6.98. The number of hydrogen-bond acceptors (Lipinski definition) is 4. The predicted octanol–water partition coefficient (Wildman–Crippen LogP) is 2.22. The molecule has 0 bridgehead atoms. The highest BCUT2D eigenvalue weighted by Crippen LogP contribution is 2.27. The van der Waals surface area contributed by atoms with E-state index in [1.54, 1.807) is 0 Å². The molecule has 0 aliphatic heterocycles. The maximum absolute atomic E-state index is 4.51. The predicted molar refractivity (Wildman–Crippen MR) is 88.4 cm³/mol. The molecule has 0 saturated carbocycles. The van der Waals surface area contributed by atoms with Gasteiger partial charge in [0.1, 0.15) is 0 Å². The topological polar surface area (TPSA) is 46.0 Å². The Bertz CT molecular complexity index is 593. The molecule has 6 heteroatoms. The van der Waals surface area contributed by atoms with Crippen molar-refractivity contribution in [2.24, 2.45) is 0 Å². The maximum Gasteiger partial charge on any atom is 0.0931 e. The monoisotopic (exact) mass is 351 g/mol. The lowest BCUT2D eigenvalue weighted by Gasteiger charge is -2.19. The molecule has 0 amide bonds. The summed E-state index contributed by atoms with van der Waals surface area (Å²) in [7, 11) is 6.08. The fraction of sp³-hybridized carbons (Fsp3) is 0.467. The second kappa shape index (κ2) is 7.15. The number of rotatable bonds is 6. The second-order valence-corrected chi connectivity index (χ2v) is 6.24. The number of aromatic nitrogens is 3. The van der Waals surface area contributed by atoms with E-state index in [2.05, 4.69) is 63.3 Å². The van der Waals surface area contributed by atoms with E-state index >= 15 is 0 Å². The van der Waals surface area contributed by atoms with Gasteiger partial charge in [0.05, 0.1) is 34.6 Å². The van der Waals surface area contributed by atoms with Gasteiger partial charge in [-0.3, -0.25) is 9.67 Å². The van der Waals surface area contributed by atoms with Crippen LogP contribution in [0, 0.1) is 6.92 Å². The summed E-state index contributed by atoms with van der Waals surface area (Å²) in [5.74, 6) is 0. The van der Waals surface area contributed by atoms with Gasteiger partial charge < -0.3 is 10.2 Å². The van der Waals surface area contributed by atoms with Crippen LogP contribution in [-0.2, 0) is 6.54 Å². The Hall–Kier alpha value is -1.24. The van der Waals surface area contributed by atoms with E-state index in [1.807, 2.05) is 30.2 Å². The lowest BCUT2D eigenvalue weighted by Crippen LogP contribution is -2.26. The van der Waals surface area contributed by atoms with E-state index in [1.165, 1.54) is 5.56 Å². The van der Waals surface area contributed by atoms with Crippen molar-refractivity contribution >= 4 is 15.9 Å². The van der Waals surface area contributed by atoms with Crippen LogP contribution in [0.15, 0.2) is 29.0 Å². The van der Waals surface area contributed by atoms with Crippen molar-refractivity contribution in [1.29, 1.82) is 0 Å². The molecule has 0 spiro atoms. The first kappa shape index (κ1) is 16.1. The molecule has 1 N–H and O–H groups in total. The van der Waals surface area contributed by atoms with Crippen molar-refractivity contribution < 1.29 is 0 Å². The molecule has 2 aromatic rings. The van der Waals surface area contributed by atoms with E-state index in [-0.39, 0.29) is 6.04 Å². The average Bonchev–Trinajstić information content (AvgIpc) is 2.79. The Kier molecular flexibility index (Phi) is 5.50. The lowest BCUT2D eigenvalue weighted by atomic mass is 10.1. The average molecular weight is 352 g/mol. The quantitative estimate of drug-likeness (QED) is 0.866. The van der Waals surface area contributed by atoms with E-state index in [9.17, 15) is 0 Å². The molecule has 0 fully saturated rings. The molecule has 0 radical (unpaired) electrons. The summed E-state index contributed by atoms with van der Waals surface area (Å²) in [5.41, 5.74) is 3.32. The Labute approximate surface area is 134 Å². The van der Waals surface area contributed by atoms with Gasteiger partial charge in [0.15, 0.2) is 0 Å². The van der Waals surface area contributed by atoms with Crippen molar-refractivity contribution in [3.05, 3.63) is 46.0 Å². The van der Waals surface area contributed by atoms with Crippen LogP contribution in [-0.4, -0.2) is 47.4 Å². The van der Waals surface area contributed by atoms with Crippen molar-refractivity contribution in [2.45, 2.75) is 19.5 Å². The van der Waals surface area contributed by atoms with Gasteiger partial charge in [-0.1, -0.05) is 0 Å². The zero-order valence-electron chi connectivity index (χ0n) is 13.0. The van der Waals surface area contributed by atoms with Crippen LogP contribution < -0.4 is 5.32 Å². The van der Waals surface area contributed by atoms with Gasteiger partial charge in [-0.15, -0.1) is 0 Å². The van der Waals surface area contributed by atoms with Crippen LogP contribution in [0.1, 0.15) is 23.0 Å². The molecule has 114 valence electrons. The van der Waals surface area contributed by atoms with E-state index < -0.39 is 0 Å². The summed E-state index contributed by atoms with van der Waals surface area (Å²) in [6.07, 6.45) is 3.70. The van der Waals surface area contributed by atoms with Crippen molar-refractivity contribution in [3.8, 4) is 0 Å². The molecule has 2 rings (SSSR count). The third-order valence-corrected chi connectivity index (χ3v) is 4.00. The molecule has 1 unspecified atom stereocenters. The van der Waals surface area contributed by atoms with E-state index in [0.29, 0.717) is 0 Å². The fourth-order valence-corrected chi connectivity index (χ4v) is 2.80. The summed E-state index contributed by atoms with van der Waals surface area (Å²) in [5, 5.41) is 7.83. The van der Waals surface area contributed by atoms with Crippen LogP contribution in [0.2, 0.25) is 0 Å². The highest BCUT2D eigenvalue weighted by molar-refractivity contribution is 9.10. The zero-order valence-corrected chi connectivity index (χ0v) is 14.6. The zero-order chi connectivity index (χ0) is 15.4. The van der Waals surface area contributed by atoms with Gasteiger partial charge in [-0.25, -0.2) is 0 Å². The summed E-state index contributed by atoms with van der Waals surface area (Å²) in [6, 6.07) is 4.13. The third kappa shape index (κ3) is 3.90. The Morgan fingerprint density at radius 3 is 2.81 bits per heavy atom.